The van der Waals surface area contributed by atoms with E-state index >= 15 is 0 Å². The van der Waals surface area contributed by atoms with E-state index in [0.29, 0.717) is 5.92 Å². The van der Waals surface area contributed by atoms with Crippen LogP contribution in [0.1, 0.15) is 44.7 Å². The lowest BCUT2D eigenvalue weighted by atomic mass is 9.89. The van der Waals surface area contributed by atoms with Crippen molar-refractivity contribution in [3.63, 3.8) is 0 Å². The second-order valence-corrected chi connectivity index (χ2v) is 6.25. The van der Waals surface area contributed by atoms with Gasteiger partial charge in [0.15, 0.2) is 0 Å². The molecule has 4 heteroatoms. The van der Waals surface area contributed by atoms with Crippen molar-refractivity contribution in [2.75, 3.05) is 6.61 Å². The SMILES string of the molecule is CCC(CC)C(NC(=O)N[C@@H]1C=C[C@H](CO)C1)c1ccccc1. The molecule has 0 fully saturated rings. The monoisotopic (exact) mass is 316 g/mol. The summed E-state index contributed by atoms with van der Waals surface area (Å²) in [6.07, 6.45) is 6.75. The van der Waals surface area contributed by atoms with Crippen molar-refractivity contribution >= 4 is 6.03 Å². The molecule has 1 aromatic carbocycles. The lowest BCUT2D eigenvalue weighted by Gasteiger charge is -2.27. The number of carbonyl (C=O) groups excluding carboxylic acids is 1. The maximum absolute atomic E-state index is 12.4. The summed E-state index contributed by atoms with van der Waals surface area (Å²) in [5.74, 6) is 0.566. The molecule has 1 aliphatic carbocycles. The molecule has 0 heterocycles. The Bertz CT molecular complexity index is 511. The van der Waals surface area contributed by atoms with Gasteiger partial charge in [0.1, 0.15) is 0 Å². The first-order valence-electron chi connectivity index (χ1n) is 8.59. The van der Waals surface area contributed by atoms with E-state index in [1.807, 2.05) is 30.4 Å². The van der Waals surface area contributed by atoms with Crippen molar-refractivity contribution < 1.29 is 9.90 Å². The first-order valence-corrected chi connectivity index (χ1v) is 8.59. The minimum absolute atomic E-state index is 0.00489. The van der Waals surface area contributed by atoms with Crippen molar-refractivity contribution in [1.82, 2.24) is 10.6 Å². The van der Waals surface area contributed by atoms with Gasteiger partial charge in [0.25, 0.3) is 0 Å². The first-order chi connectivity index (χ1) is 11.2. The minimum atomic E-state index is -0.140. The number of aliphatic hydroxyl groups is 1. The van der Waals surface area contributed by atoms with Gasteiger partial charge in [0.05, 0.1) is 6.04 Å². The van der Waals surface area contributed by atoms with Gasteiger partial charge >= 0.3 is 6.03 Å². The van der Waals surface area contributed by atoms with Crippen LogP contribution in [0.25, 0.3) is 0 Å². The molecular formula is C19H28N2O2. The number of urea groups is 1. The van der Waals surface area contributed by atoms with E-state index in [1.165, 1.54) is 0 Å². The molecule has 23 heavy (non-hydrogen) atoms. The number of hydrogen-bond acceptors (Lipinski definition) is 2. The first kappa shape index (κ1) is 17.5. The van der Waals surface area contributed by atoms with Gasteiger partial charge < -0.3 is 15.7 Å². The highest BCUT2D eigenvalue weighted by atomic mass is 16.3. The molecule has 0 aliphatic heterocycles. The zero-order chi connectivity index (χ0) is 16.7. The molecule has 0 bridgehead atoms. The zero-order valence-electron chi connectivity index (χ0n) is 14.0. The molecule has 1 aliphatic rings. The summed E-state index contributed by atoms with van der Waals surface area (Å²) in [6, 6.07) is 10.0. The van der Waals surface area contributed by atoms with Crippen molar-refractivity contribution in [2.45, 2.75) is 45.2 Å². The van der Waals surface area contributed by atoms with Gasteiger partial charge in [0, 0.05) is 18.6 Å². The van der Waals surface area contributed by atoms with Crippen molar-refractivity contribution in [3.8, 4) is 0 Å². The molecule has 2 amide bonds. The molecular weight excluding hydrogens is 288 g/mol. The quantitative estimate of drug-likeness (QED) is 0.675. The van der Waals surface area contributed by atoms with E-state index in [1.54, 1.807) is 0 Å². The molecule has 3 atom stereocenters. The average Bonchev–Trinajstić information content (AvgIpc) is 3.03. The molecule has 3 N–H and O–H groups in total. The van der Waals surface area contributed by atoms with Gasteiger partial charge in [0.2, 0.25) is 0 Å². The van der Waals surface area contributed by atoms with Crippen molar-refractivity contribution in [1.29, 1.82) is 0 Å². The van der Waals surface area contributed by atoms with Gasteiger partial charge in [-0.25, -0.2) is 4.79 Å². The number of aliphatic hydroxyl groups excluding tert-OH is 1. The third-order valence-corrected chi connectivity index (χ3v) is 4.69. The highest BCUT2D eigenvalue weighted by Gasteiger charge is 2.24. The number of nitrogens with one attached hydrogen (secondary N) is 2. The number of hydrogen-bond donors (Lipinski definition) is 3. The Balaban J connectivity index is 2.00. The normalized spacial score (nSPS) is 21.4. The fourth-order valence-electron chi connectivity index (χ4n) is 3.26. The number of rotatable bonds is 7. The number of benzene rings is 1. The summed E-state index contributed by atoms with van der Waals surface area (Å²) in [4.78, 5) is 12.4. The van der Waals surface area contributed by atoms with Crippen LogP contribution in [0, 0.1) is 11.8 Å². The topological polar surface area (TPSA) is 61.4 Å². The molecule has 1 aromatic rings. The predicted molar refractivity (Wildman–Crippen MR) is 93.0 cm³/mol. The maximum Gasteiger partial charge on any atom is 0.315 e. The second kappa shape index (κ2) is 8.73. The summed E-state index contributed by atoms with van der Waals surface area (Å²) in [7, 11) is 0. The number of carbonyl (C=O) groups is 1. The van der Waals surface area contributed by atoms with E-state index in [-0.39, 0.29) is 30.6 Å². The van der Waals surface area contributed by atoms with Gasteiger partial charge in [-0.05, 0) is 17.9 Å². The highest BCUT2D eigenvalue weighted by molar-refractivity contribution is 5.75. The summed E-state index contributed by atoms with van der Waals surface area (Å²) >= 11 is 0. The third-order valence-electron chi connectivity index (χ3n) is 4.69. The van der Waals surface area contributed by atoms with Crippen LogP contribution in [-0.4, -0.2) is 23.8 Å². The van der Waals surface area contributed by atoms with E-state index in [4.69, 9.17) is 5.11 Å². The zero-order valence-corrected chi connectivity index (χ0v) is 14.0. The van der Waals surface area contributed by atoms with Crippen LogP contribution in [0.4, 0.5) is 4.79 Å². The lowest BCUT2D eigenvalue weighted by Crippen LogP contribution is -2.44. The Morgan fingerprint density at radius 3 is 2.48 bits per heavy atom. The van der Waals surface area contributed by atoms with Crippen LogP contribution in [0.3, 0.4) is 0 Å². The van der Waals surface area contributed by atoms with Gasteiger partial charge in [-0.2, -0.15) is 0 Å². The summed E-state index contributed by atoms with van der Waals surface area (Å²) < 4.78 is 0. The van der Waals surface area contributed by atoms with Crippen molar-refractivity contribution in [3.05, 3.63) is 48.0 Å². The highest BCUT2D eigenvalue weighted by Crippen LogP contribution is 2.27. The minimum Gasteiger partial charge on any atom is -0.396 e. The van der Waals surface area contributed by atoms with Crippen LogP contribution in [0.2, 0.25) is 0 Å². The summed E-state index contributed by atoms with van der Waals surface area (Å²) in [6.45, 7) is 4.46. The summed E-state index contributed by atoms with van der Waals surface area (Å²) in [5.41, 5.74) is 1.14. The average molecular weight is 316 g/mol. The molecule has 0 radical (unpaired) electrons. The molecule has 0 saturated heterocycles. The molecule has 0 aromatic heterocycles. The maximum atomic E-state index is 12.4. The second-order valence-electron chi connectivity index (χ2n) is 6.25. The standard InChI is InChI=1S/C19H28N2O2/c1-3-15(4-2)18(16-8-6-5-7-9-16)21-19(23)20-17-11-10-14(12-17)13-22/h5-11,14-15,17-18,22H,3-4,12-13H2,1-2H3,(H2,20,21,23)/t14-,17+,18?/m0/s1. The van der Waals surface area contributed by atoms with Gasteiger partial charge in [-0.1, -0.05) is 69.2 Å². The third kappa shape index (κ3) is 4.83. The predicted octanol–water partition coefficient (Wildman–Crippen LogP) is 3.40. The number of amides is 2. The lowest BCUT2D eigenvalue weighted by molar-refractivity contribution is 0.222. The Kier molecular flexibility index (Phi) is 6.66. The van der Waals surface area contributed by atoms with Gasteiger partial charge in [-0.3, -0.25) is 0 Å². The fourth-order valence-corrected chi connectivity index (χ4v) is 3.26. The Hall–Kier alpha value is -1.81. The van der Waals surface area contributed by atoms with Crippen LogP contribution in [-0.2, 0) is 0 Å². The molecule has 1 unspecified atom stereocenters. The molecule has 0 saturated carbocycles. The largest absolute Gasteiger partial charge is 0.396 e. The summed E-state index contributed by atoms with van der Waals surface area (Å²) in [5, 5.41) is 15.3. The van der Waals surface area contributed by atoms with Crippen LogP contribution < -0.4 is 10.6 Å². The molecule has 0 spiro atoms. The van der Waals surface area contributed by atoms with Crippen LogP contribution in [0.5, 0.6) is 0 Å². The molecule has 2 rings (SSSR count). The molecule has 4 nitrogen and oxygen atoms in total. The van der Waals surface area contributed by atoms with Gasteiger partial charge in [-0.15, -0.1) is 0 Å². The Morgan fingerprint density at radius 1 is 1.22 bits per heavy atom. The van der Waals surface area contributed by atoms with E-state index < -0.39 is 0 Å². The Labute approximate surface area is 139 Å². The van der Waals surface area contributed by atoms with Crippen molar-refractivity contribution in [2.24, 2.45) is 11.8 Å². The Morgan fingerprint density at radius 2 is 1.91 bits per heavy atom. The van der Waals surface area contributed by atoms with E-state index in [0.717, 1.165) is 24.8 Å². The van der Waals surface area contributed by atoms with Crippen LogP contribution >= 0.6 is 0 Å². The fraction of sp³-hybridized carbons (Fsp3) is 0.526. The molecule has 126 valence electrons. The van der Waals surface area contributed by atoms with Crippen LogP contribution in [0.15, 0.2) is 42.5 Å². The smallest absolute Gasteiger partial charge is 0.315 e. The van der Waals surface area contributed by atoms with E-state index in [9.17, 15) is 4.79 Å². The van der Waals surface area contributed by atoms with E-state index in [2.05, 4.69) is 36.6 Å².